The molecule has 1 fully saturated rings. The molecule has 1 atom stereocenters. The topological polar surface area (TPSA) is 12.0 Å². The van der Waals surface area contributed by atoms with E-state index < -0.39 is 0 Å². The Morgan fingerprint density at radius 2 is 1.65 bits per heavy atom. The molecule has 0 spiro atoms. The van der Waals surface area contributed by atoms with Gasteiger partial charge in [-0.3, -0.25) is 0 Å². The molecule has 1 N–H and O–H groups in total. The van der Waals surface area contributed by atoms with Crippen LogP contribution in [0.2, 0.25) is 0 Å². The van der Waals surface area contributed by atoms with Crippen molar-refractivity contribution in [3.8, 4) is 0 Å². The van der Waals surface area contributed by atoms with Gasteiger partial charge in [-0.1, -0.05) is 37.8 Å². The van der Waals surface area contributed by atoms with Crippen molar-refractivity contribution in [2.24, 2.45) is 5.92 Å². The van der Waals surface area contributed by atoms with E-state index in [2.05, 4.69) is 59.2 Å². The SMILES string of the molecule is CNC(c1ccc(I)cc1)C1CCCCCC1. The summed E-state index contributed by atoms with van der Waals surface area (Å²) in [5.74, 6) is 0.822. The largest absolute Gasteiger partial charge is 0.313 e. The van der Waals surface area contributed by atoms with Crippen molar-refractivity contribution >= 4 is 22.6 Å². The molecule has 0 radical (unpaired) electrons. The zero-order valence-electron chi connectivity index (χ0n) is 10.6. The Kier molecular flexibility index (Phi) is 5.29. The van der Waals surface area contributed by atoms with Crippen molar-refractivity contribution in [2.75, 3.05) is 7.05 Å². The first-order valence-electron chi connectivity index (χ1n) is 6.74. The lowest BCUT2D eigenvalue weighted by Crippen LogP contribution is -2.25. The molecule has 0 heterocycles. The number of benzene rings is 1. The van der Waals surface area contributed by atoms with Crippen molar-refractivity contribution in [3.05, 3.63) is 33.4 Å². The highest BCUT2D eigenvalue weighted by Crippen LogP contribution is 2.33. The number of halogens is 1. The molecule has 17 heavy (non-hydrogen) atoms. The van der Waals surface area contributed by atoms with Crippen LogP contribution in [-0.2, 0) is 0 Å². The first kappa shape index (κ1) is 13.3. The van der Waals surface area contributed by atoms with Gasteiger partial charge in [-0.25, -0.2) is 0 Å². The summed E-state index contributed by atoms with van der Waals surface area (Å²) in [4.78, 5) is 0. The molecule has 1 saturated carbocycles. The maximum atomic E-state index is 3.53. The first-order chi connectivity index (χ1) is 8.31. The molecular weight excluding hydrogens is 321 g/mol. The van der Waals surface area contributed by atoms with Crippen LogP contribution in [0.3, 0.4) is 0 Å². The molecule has 1 aliphatic carbocycles. The van der Waals surface area contributed by atoms with E-state index in [1.54, 1.807) is 0 Å². The zero-order valence-corrected chi connectivity index (χ0v) is 12.7. The molecule has 0 bridgehead atoms. The van der Waals surface area contributed by atoms with E-state index >= 15 is 0 Å². The maximum Gasteiger partial charge on any atom is 0.0346 e. The smallest absolute Gasteiger partial charge is 0.0346 e. The Hall–Kier alpha value is -0.0900. The normalized spacial score (nSPS) is 19.9. The average molecular weight is 343 g/mol. The summed E-state index contributed by atoms with van der Waals surface area (Å²) in [6, 6.07) is 9.56. The predicted octanol–water partition coefficient (Wildman–Crippen LogP) is 4.52. The van der Waals surface area contributed by atoms with Crippen LogP contribution >= 0.6 is 22.6 Å². The monoisotopic (exact) mass is 343 g/mol. The van der Waals surface area contributed by atoms with E-state index in [9.17, 15) is 0 Å². The van der Waals surface area contributed by atoms with Crippen LogP contribution in [0.25, 0.3) is 0 Å². The average Bonchev–Trinajstić information content (AvgIpc) is 2.62. The predicted molar refractivity (Wildman–Crippen MR) is 82.2 cm³/mol. The number of nitrogens with one attached hydrogen (secondary N) is 1. The molecular formula is C15H22IN. The van der Waals surface area contributed by atoms with Crippen molar-refractivity contribution in [1.82, 2.24) is 5.32 Å². The van der Waals surface area contributed by atoms with E-state index in [1.165, 1.54) is 47.7 Å². The van der Waals surface area contributed by atoms with Gasteiger partial charge in [-0.05, 0) is 66.1 Å². The molecule has 1 unspecified atom stereocenters. The minimum atomic E-state index is 0.546. The quantitative estimate of drug-likeness (QED) is 0.628. The summed E-state index contributed by atoms with van der Waals surface area (Å²) in [5, 5.41) is 3.53. The van der Waals surface area contributed by atoms with E-state index in [0.717, 1.165) is 5.92 Å². The first-order valence-corrected chi connectivity index (χ1v) is 7.82. The van der Waals surface area contributed by atoms with E-state index in [4.69, 9.17) is 0 Å². The molecule has 1 aromatic rings. The van der Waals surface area contributed by atoms with Gasteiger partial charge in [0.1, 0.15) is 0 Å². The van der Waals surface area contributed by atoms with Gasteiger partial charge in [-0.2, -0.15) is 0 Å². The Bertz CT molecular complexity index is 325. The highest BCUT2D eigenvalue weighted by molar-refractivity contribution is 14.1. The third-order valence-corrected chi connectivity index (χ3v) is 4.63. The molecule has 1 aromatic carbocycles. The van der Waals surface area contributed by atoms with Crippen LogP contribution in [0.5, 0.6) is 0 Å². The van der Waals surface area contributed by atoms with Crippen LogP contribution in [0.1, 0.15) is 50.1 Å². The highest BCUT2D eigenvalue weighted by atomic mass is 127. The Balaban J connectivity index is 2.11. The summed E-state index contributed by atoms with van der Waals surface area (Å²) in [7, 11) is 2.10. The second-order valence-electron chi connectivity index (χ2n) is 5.07. The Morgan fingerprint density at radius 3 is 2.18 bits per heavy atom. The fraction of sp³-hybridized carbons (Fsp3) is 0.600. The molecule has 1 aliphatic rings. The summed E-state index contributed by atoms with van der Waals surface area (Å²) in [6.07, 6.45) is 8.45. The van der Waals surface area contributed by atoms with Gasteiger partial charge in [0.2, 0.25) is 0 Å². The number of hydrogen-bond donors (Lipinski definition) is 1. The summed E-state index contributed by atoms with van der Waals surface area (Å²) < 4.78 is 1.32. The molecule has 0 amide bonds. The molecule has 0 aliphatic heterocycles. The van der Waals surface area contributed by atoms with Gasteiger partial charge in [0.15, 0.2) is 0 Å². The van der Waals surface area contributed by atoms with Crippen LogP contribution in [0.15, 0.2) is 24.3 Å². The van der Waals surface area contributed by atoms with Gasteiger partial charge < -0.3 is 5.32 Å². The lowest BCUT2D eigenvalue weighted by molar-refractivity contribution is 0.341. The third kappa shape index (κ3) is 3.68. The molecule has 94 valence electrons. The lowest BCUT2D eigenvalue weighted by atomic mass is 9.87. The molecule has 2 rings (SSSR count). The minimum absolute atomic E-state index is 0.546. The van der Waals surface area contributed by atoms with Crippen LogP contribution in [-0.4, -0.2) is 7.05 Å². The van der Waals surface area contributed by atoms with Crippen molar-refractivity contribution in [2.45, 2.75) is 44.6 Å². The van der Waals surface area contributed by atoms with Crippen molar-refractivity contribution in [1.29, 1.82) is 0 Å². The van der Waals surface area contributed by atoms with E-state index in [1.807, 2.05) is 0 Å². The summed E-state index contributed by atoms with van der Waals surface area (Å²) >= 11 is 2.37. The number of hydrogen-bond acceptors (Lipinski definition) is 1. The Labute approximate surface area is 119 Å². The lowest BCUT2D eigenvalue weighted by Gasteiger charge is -2.26. The second-order valence-corrected chi connectivity index (χ2v) is 6.32. The minimum Gasteiger partial charge on any atom is -0.313 e. The van der Waals surface area contributed by atoms with Gasteiger partial charge in [0, 0.05) is 9.61 Å². The third-order valence-electron chi connectivity index (χ3n) is 3.91. The summed E-state index contributed by atoms with van der Waals surface area (Å²) in [5.41, 5.74) is 1.46. The van der Waals surface area contributed by atoms with Crippen LogP contribution in [0.4, 0.5) is 0 Å². The fourth-order valence-corrected chi connectivity index (χ4v) is 3.35. The van der Waals surface area contributed by atoms with Gasteiger partial charge in [-0.15, -0.1) is 0 Å². The van der Waals surface area contributed by atoms with Crippen molar-refractivity contribution in [3.63, 3.8) is 0 Å². The maximum absolute atomic E-state index is 3.53. The molecule has 2 heteroatoms. The Morgan fingerprint density at radius 1 is 1.06 bits per heavy atom. The van der Waals surface area contributed by atoms with Crippen molar-refractivity contribution < 1.29 is 0 Å². The molecule has 0 aromatic heterocycles. The van der Waals surface area contributed by atoms with E-state index in [-0.39, 0.29) is 0 Å². The standard InChI is InChI=1S/C15H22IN/c1-17-15(12-6-4-2-3-5-7-12)13-8-10-14(16)11-9-13/h8-12,15,17H,2-7H2,1H3. The zero-order chi connectivity index (χ0) is 12.1. The van der Waals surface area contributed by atoms with Crippen LogP contribution in [0, 0.1) is 9.49 Å². The fourth-order valence-electron chi connectivity index (χ4n) is 2.99. The highest BCUT2D eigenvalue weighted by Gasteiger charge is 2.22. The van der Waals surface area contributed by atoms with Gasteiger partial charge >= 0.3 is 0 Å². The van der Waals surface area contributed by atoms with E-state index in [0.29, 0.717) is 6.04 Å². The molecule has 1 nitrogen and oxygen atoms in total. The van der Waals surface area contributed by atoms with Gasteiger partial charge in [0.05, 0.1) is 0 Å². The molecule has 0 saturated heterocycles. The number of rotatable bonds is 3. The van der Waals surface area contributed by atoms with Crippen LogP contribution < -0.4 is 5.32 Å². The summed E-state index contributed by atoms with van der Waals surface area (Å²) in [6.45, 7) is 0. The second kappa shape index (κ2) is 6.74. The van der Waals surface area contributed by atoms with Gasteiger partial charge in [0.25, 0.3) is 0 Å².